The molecule has 104 valence electrons. The number of ether oxygens (including phenoxy) is 1. The number of rotatable bonds is 3. The Morgan fingerprint density at radius 1 is 1.20 bits per heavy atom. The first kappa shape index (κ1) is 14.7. The fraction of sp³-hybridized carbons (Fsp3) is 0. The summed E-state index contributed by atoms with van der Waals surface area (Å²) in [5, 5.41) is 12.5. The Hall–Kier alpha value is -1.69. The summed E-state index contributed by atoms with van der Waals surface area (Å²) in [7, 11) is 0. The number of aromatic nitrogens is 1. The first-order chi connectivity index (χ1) is 9.52. The number of oxime groups is 1. The molecule has 1 aromatic carbocycles. The van der Waals surface area contributed by atoms with Crippen LogP contribution in [0.15, 0.2) is 35.6 Å². The number of pyridine rings is 1. The Morgan fingerprint density at radius 2 is 1.90 bits per heavy atom. The fourth-order valence-corrected chi connectivity index (χ4v) is 1.98. The molecule has 0 unspecified atom stereocenters. The van der Waals surface area contributed by atoms with E-state index in [4.69, 9.17) is 50.5 Å². The molecule has 2 aromatic rings. The van der Waals surface area contributed by atoms with Crippen molar-refractivity contribution in [3.8, 4) is 11.6 Å². The molecule has 1 heterocycles. The third-order valence-corrected chi connectivity index (χ3v) is 3.35. The minimum absolute atomic E-state index is 0.128. The topological polar surface area (TPSA) is 80.7 Å². The van der Waals surface area contributed by atoms with Gasteiger partial charge in [-0.3, -0.25) is 0 Å². The molecule has 0 aliphatic carbocycles. The molecule has 0 atom stereocenters. The third kappa shape index (κ3) is 3.07. The summed E-state index contributed by atoms with van der Waals surface area (Å²) in [5.74, 6) is 0.249. The monoisotopic (exact) mass is 331 g/mol. The van der Waals surface area contributed by atoms with E-state index in [0.717, 1.165) is 0 Å². The van der Waals surface area contributed by atoms with E-state index >= 15 is 0 Å². The lowest BCUT2D eigenvalue weighted by atomic mass is 10.2. The van der Waals surface area contributed by atoms with Crippen LogP contribution in [0.1, 0.15) is 5.56 Å². The van der Waals surface area contributed by atoms with Crippen LogP contribution in [0.25, 0.3) is 0 Å². The van der Waals surface area contributed by atoms with E-state index in [1.54, 1.807) is 12.1 Å². The zero-order chi connectivity index (χ0) is 14.7. The predicted octanol–water partition coefficient (Wildman–Crippen LogP) is 3.93. The van der Waals surface area contributed by atoms with Gasteiger partial charge in [0, 0.05) is 12.3 Å². The van der Waals surface area contributed by atoms with Crippen molar-refractivity contribution in [1.82, 2.24) is 4.98 Å². The van der Waals surface area contributed by atoms with Crippen LogP contribution in [0, 0.1) is 0 Å². The Balaban J connectivity index is 2.43. The zero-order valence-corrected chi connectivity index (χ0v) is 12.1. The lowest BCUT2D eigenvalue weighted by molar-refractivity contribution is 0.318. The summed E-state index contributed by atoms with van der Waals surface area (Å²) in [6, 6.07) is 6.11. The molecule has 20 heavy (non-hydrogen) atoms. The third-order valence-electron chi connectivity index (χ3n) is 2.34. The van der Waals surface area contributed by atoms with Crippen molar-refractivity contribution in [2.45, 2.75) is 0 Å². The largest absolute Gasteiger partial charge is 0.437 e. The summed E-state index contributed by atoms with van der Waals surface area (Å²) in [4.78, 5) is 4.01. The molecule has 3 N–H and O–H groups in total. The summed E-state index contributed by atoms with van der Waals surface area (Å²) >= 11 is 17.7. The first-order valence-electron chi connectivity index (χ1n) is 5.28. The molecular formula is C12H8Cl3N3O2. The quantitative estimate of drug-likeness (QED) is 0.293. The van der Waals surface area contributed by atoms with E-state index in [1.165, 1.54) is 18.3 Å². The molecule has 0 amide bonds. The molecule has 0 aliphatic rings. The van der Waals surface area contributed by atoms with Crippen molar-refractivity contribution in [2.75, 3.05) is 0 Å². The summed E-state index contributed by atoms with van der Waals surface area (Å²) < 4.78 is 5.54. The second-order valence-electron chi connectivity index (χ2n) is 3.64. The van der Waals surface area contributed by atoms with Crippen LogP contribution >= 0.6 is 34.8 Å². The van der Waals surface area contributed by atoms with Gasteiger partial charge in [-0.25, -0.2) is 4.98 Å². The van der Waals surface area contributed by atoms with Crippen LogP contribution in [-0.4, -0.2) is 16.0 Å². The Morgan fingerprint density at radius 3 is 2.60 bits per heavy atom. The molecular weight excluding hydrogens is 325 g/mol. The van der Waals surface area contributed by atoms with Gasteiger partial charge in [0.05, 0.1) is 20.6 Å². The highest BCUT2D eigenvalue weighted by molar-refractivity contribution is 6.43. The summed E-state index contributed by atoms with van der Waals surface area (Å²) in [6.07, 6.45) is 1.49. The van der Waals surface area contributed by atoms with E-state index in [2.05, 4.69) is 10.1 Å². The van der Waals surface area contributed by atoms with Gasteiger partial charge in [0.2, 0.25) is 5.88 Å². The highest BCUT2D eigenvalue weighted by atomic mass is 35.5. The molecule has 0 bridgehead atoms. The average molecular weight is 333 g/mol. The van der Waals surface area contributed by atoms with E-state index < -0.39 is 0 Å². The molecule has 0 saturated carbocycles. The van der Waals surface area contributed by atoms with Crippen molar-refractivity contribution in [1.29, 1.82) is 0 Å². The lowest BCUT2D eigenvalue weighted by Gasteiger charge is -2.10. The van der Waals surface area contributed by atoms with Crippen molar-refractivity contribution in [3.05, 3.63) is 51.1 Å². The molecule has 0 radical (unpaired) electrons. The minimum atomic E-state index is -0.135. The van der Waals surface area contributed by atoms with Gasteiger partial charge in [0.15, 0.2) is 5.84 Å². The lowest BCUT2D eigenvalue weighted by Crippen LogP contribution is -2.14. The second-order valence-corrected chi connectivity index (χ2v) is 4.86. The number of hydrogen-bond acceptors (Lipinski definition) is 4. The van der Waals surface area contributed by atoms with Crippen LogP contribution in [-0.2, 0) is 0 Å². The van der Waals surface area contributed by atoms with Crippen molar-refractivity contribution >= 4 is 40.6 Å². The smallest absolute Gasteiger partial charge is 0.230 e. The van der Waals surface area contributed by atoms with Gasteiger partial charge in [-0.1, -0.05) is 40.0 Å². The van der Waals surface area contributed by atoms with Crippen LogP contribution in [0.3, 0.4) is 0 Å². The number of nitrogens with zero attached hydrogens (tertiary/aromatic N) is 2. The van der Waals surface area contributed by atoms with E-state index in [9.17, 15) is 0 Å². The van der Waals surface area contributed by atoms with E-state index in [-0.39, 0.29) is 27.5 Å². The van der Waals surface area contributed by atoms with Crippen LogP contribution < -0.4 is 10.5 Å². The molecule has 0 aliphatic heterocycles. The van der Waals surface area contributed by atoms with Crippen LogP contribution in [0.4, 0.5) is 0 Å². The minimum Gasteiger partial charge on any atom is -0.437 e. The van der Waals surface area contributed by atoms with Gasteiger partial charge < -0.3 is 15.7 Å². The Kier molecular flexibility index (Phi) is 4.54. The maximum atomic E-state index is 8.73. The van der Waals surface area contributed by atoms with E-state index in [1.807, 2.05) is 0 Å². The normalized spacial score (nSPS) is 11.4. The number of halogens is 3. The Bertz CT molecular complexity index is 677. The summed E-state index contributed by atoms with van der Waals surface area (Å²) in [6.45, 7) is 0. The number of benzene rings is 1. The standard InChI is InChI=1S/C12H8Cl3N3O2/c13-7-4-9(15)10(5-8(7)14)20-12-6(11(16)18-19)2-1-3-17-12/h1-5,19H,(H2,16,18). The fourth-order valence-electron chi connectivity index (χ4n) is 1.41. The molecule has 2 rings (SSSR count). The van der Waals surface area contributed by atoms with Crippen molar-refractivity contribution in [2.24, 2.45) is 10.9 Å². The maximum Gasteiger partial charge on any atom is 0.230 e. The molecule has 0 spiro atoms. The van der Waals surface area contributed by atoms with Gasteiger partial charge in [-0.15, -0.1) is 0 Å². The molecule has 5 nitrogen and oxygen atoms in total. The first-order valence-corrected chi connectivity index (χ1v) is 6.41. The molecule has 8 heteroatoms. The van der Waals surface area contributed by atoms with Gasteiger partial charge in [-0.2, -0.15) is 0 Å². The second kappa shape index (κ2) is 6.17. The molecule has 0 fully saturated rings. The van der Waals surface area contributed by atoms with Crippen LogP contribution in [0.5, 0.6) is 11.6 Å². The van der Waals surface area contributed by atoms with Crippen molar-refractivity contribution < 1.29 is 9.94 Å². The molecule has 0 saturated heterocycles. The average Bonchev–Trinajstić information content (AvgIpc) is 2.44. The van der Waals surface area contributed by atoms with Crippen molar-refractivity contribution in [3.63, 3.8) is 0 Å². The predicted molar refractivity (Wildman–Crippen MR) is 78.3 cm³/mol. The van der Waals surface area contributed by atoms with Gasteiger partial charge in [0.25, 0.3) is 0 Å². The number of hydrogen-bond donors (Lipinski definition) is 2. The van der Waals surface area contributed by atoms with Gasteiger partial charge in [0.1, 0.15) is 5.75 Å². The molecule has 1 aromatic heterocycles. The van der Waals surface area contributed by atoms with E-state index in [0.29, 0.717) is 10.6 Å². The number of amidine groups is 1. The Labute approximate surface area is 129 Å². The highest BCUT2D eigenvalue weighted by Crippen LogP contribution is 2.36. The van der Waals surface area contributed by atoms with Gasteiger partial charge >= 0.3 is 0 Å². The van der Waals surface area contributed by atoms with Gasteiger partial charge in [-0.05, 0) is 18.2 Å². The summed E-state index contributed by atoms with van der Waals surface area (Å²) in [5.41, 5.74) is 5.86. The highest BCUT2D eigenvalue weighted by Gasteiger charge is 2.13. The SMILES string of the molecule is N/C(=N\O)c1cccnc1Oc1cc(Cl)c(Cl)cc1Cl. The van der Waals surface area contributed by atoms with Crippen LogP contribution in [0.2, 0.25) is 15.1 Å². The number of nitrogens with two attached hydrogens (primary N) is 1. The maximum absolute atomic E-state index is 8.73. The zero-order valence-electron chi connectivity index (χ0n) is 9.85.